The van der Waals surface area contributed by atoms with Crippen LogP contribution >= 0.6 is 0 Å². The highest BCUT2D eigenvalue weighted by Gasteiger charge is 2.22. The molecule has 0 aliphatic heterocycles. The van der Waals surface area contributed by atoms with Gasteiger partial charge in [0, 0.05) is 25.0 Å². The minimum absolute atomic E-state index is 0.154. The average molecular weight is 335 g/mol. The number of benzene rings is 2. The maximum absolute atomic E-state index is 12.8. The summed E-state index contributed by atoms with van der Waals surface area (Å²) in [6.07, 6.45) is 3.61. The number of rotatable bonds is 5. The first kappa shape index (κ1) is 16.8. The number of nitrogens with one attached hydrogen (secondary N) is 1. The first-order valence-electron chi connectivity index (χ1n) is 8.08. The lowest BCUT2D eigenvalue weighted by atomic mass is 10.00. The predicted octanol–water partition coefficient (Wildman–Crippen LogP) is 3.26. The molecule has 25 heavy (non-hydrogen) atoms. The highest BCUT2D eigenvalue weighted by Crippen LogP contribution is 2.24. The van der Waals surface area contributed by atoms with Crippen LogP contribution in [-0.4, -0.2) is 22.6 Å². The second-order valence-corrected chi connectivity index (χ2v) is 5.89. The monoisotopic (exact) mass is 335 g/mol. The third kappa shape index (κ3) is 3.55. The predicted molar refractivity (Wildman–Crippen MR) is 96.7 cm³/mol. The highest BCUT2D eigenvalue weighted by atomic mass is 16.5. The number of aryl methyl sites for hydroxylation is 2. The number of aromatic nitrogens is 2. The summed E-state index contributed by atoms with van der Waals surface area (Å²) in [5.41, 5.74) is 2.71. The summed E-state index contributed by atoms with van der Waals surface area (Å²) in [6.45, 7) is 2.03. The minimum Gasteiger partial charge on any atom is -0.497 e. The van der Waals surface area contributed by atoms with Gasteiger partial charge in [-0.1, -0.05) is 24.3 Å². The van der Waals surface area contributed by atoms with Crippen LogP contribution in [0.15, 0.2) is 60.9 Å². The molecular weight excluding hydrogens is 314 g/mol. The lowest BCUT2D eigenvalue weighted by Gasteiger charge is -2.21. The van der Waals surface area contributed by atoms with E-state index in [1.165, 1.54) is 0 Å². The van der Waals surface area contributed by atoms with E-state index < -0.39 is 0 Å². The standard InChI is InChI=1S/C20H21N3O2/c1-14-6-4-5-7-17(14)18(19-21-12-13-23(19)2)22-20(24)15-8-10-16(25-3)11-9-15/h4-13,18H,1-3H3,(H,22,24). The van der Waals surface area contributed by atoms with Gasteiger partial charge in [0.15, 0.2) is 0 Å². The van der Waals surface area contributed by atoms with E-state index in [1.807, 2.05) is 49.0 Å². The van der Waals surface area contributed by atoms with Gasteiger partial charge in [-0.25, -0.2) is 4.98 Å². The summed E-state index contributed by atoms with van der Waals surface area (Å²) in [6, 6.07) is 14.7. The van der Waals surface area contributed by atoms with Crippen LogP contribution in [-0.2, 0) is 7.05 Å². The van der Waals surface area contributed by atoms with Crippen molar-refractivity contribution in [3.63, 3.8) is 0 Å². The first-order valence-corrected chi connectivity index (χ1v) is 8.08. The molecule has 0 saturated heterocycles. The Balaban J connectivity index is 1.94. The number of nitrogens with zero attached hydrogens (tertiary/aromatic N) is 2. The fraction of sp³-hybridized carbons (Fsp3) is 0.200. The molecule has 0 fully saturated rings. The molecule has 5 heteroatoms. The minimum atomic E-state index is -0.323. The molecule has 2 aromatic carbocycles. The van der Waals surface area contributed by atoms with Crippen molar-refractivity contribution in [2.45, 2.75) is 13.0 Å². The second-order valence-electron chi connectivity index (χ2n) is 5.89. The molecule has 1 N–H and O–H groups in total. The molecule has 1 aromatic heterocycles. The van der Waals surface area contributed by atoms with Crippen LogP contribution in [0.25, 0.3) is 0 Å². The summed E-state index contributed by atoms with van der Waals surface area (Å²) < 4.78 is 7.07. The molecule has 0 spiro atoms. The Labute approximate surface area is 147 Å². The van der Waals surface area contributed by atoms with E-state index in [1.54, 1.807) is 37.6 Å². The van der Waals surface area contributed by atoms with E-state index in [2.05, 4.69) is 10.3 Å². The molecule has 0 radical (unpaired) electrons. The number of ether oxygens (including phenoxy) is 1. The van der Waals surface area contributed by atoms with Crippen molar-refractivity contribution in [1.82, 2.24) is 14.9 Å². The molecule has 3 aromatic rings. The zero-order valence-electron chi connectivity index (χ0n) is 14.6. The van der Waals surface area contributed by atoms with Crippen LogP contribution in [0, 0.1) is 6.92 Å². The zero-order chi connectivity index (χ0) is 17.8. The Morgan fingerprint density at radius 2 is 1.88 bits per heavy atom. The van der Waals surface area contributed by atoms with Crippen LogP contribution in [0.2, 0.25) is 0 Å². The van der Waals surface area contributed by atoms with Crippen LogP contribution in [0.4, 0.5) is 0 Å². The number of imidazole rings is 1. The van der Waals surface area contributed by atoms with Gasteiger partial charge in [-0.05, 0) is 42.3 Å². The fourth-order valence-electron chi connectivity index (χ4n) is 2.80. The van der Waals surface area contributed by atoms with E-state index in [0.717, 1.165) is 22.7 Å². The Morgan fingerprint density at radius 3 is 2.48 bits per heavy atom. The van der Waals surface area contributed by atoms with Crippen molar-refractivity contribution in [3.05, 3.63) is 83.4 Å². The lowest BCUT2D eigenvalue weighted by molar-refractivity contribution is 0.0941. The molecule has 1 atom stereocenters. The highest BCUT2D eigenvalue weighted by molar-refractivity contribution is 5.94. The molecule has 1 unspecified atom stereocenters. The van der Waals surface area contributed by atoms with Gasteiger partial charge in [-0.2, -0.15) is 0 Å². The maximum atomic E-state index is 12.8. The van der Waals surface area contributed by atoms with Crippen molar-refractivity contribution in [2.75, 3.05) is 7.11 Å². The number of amides is 1. The topological polar surface area (TPSA) is 56.1 Å². The zero-order valence-corrected chi connectivity index (χ0v) is 14.6. The molecule has 128 valence electrons. The first-order chi connectivity index (χ1) is 12.1. The summed E-state index contributed by atoms with van der Waals surface area (Å²) in [5, 5.41) is 3.11. The van der Waals surface area contributed by atoms with Crippen molar-refractivity contribution < 1.29 is 9.53 Å². The van der Waals surface area contributed by atoms with Gasteiger partial charge in [0.25, 0.3) is 5.91 Å². The number of hydrogen-bond acceptors (Lipinski definition) is 3. The van der Waals surface area contributed by atoms with Crippen LogP contribution in [0.5, 0.6) is 5.75 Å². The average Bonchev–Trinajstić information content (AvgIpc) is 3.06. The van der Waals surface area contributed by atoms with Crippen LogP contribution in [0.3, 0.4) is 0 Å². The SMILES string of the molecule is COc1ccc(C(=O)NC(c2ccccc2C)c2nccn2C)cc1. The molecule has 1 amide bonds. The summed E-state index contributed by atoms with van der Waals surface area (Å²) in [4.78, 5) is 17.2. The molecule has 0 aliphatic carbocycles. The summed E-state index contributed by atoms with van der Waals surface area (Å²) >= 11 is 0. The van der Waals surface area contributed by atoms with Crippen molar-refractivity contribution in [3.8, 4) is 5.75 Å². The van der Waals surface area contributed by atoms with Crippen molar-refractivity contribution in [2.24, 2.45) is 7.05 Å². The normalized spacial score (nSPS) is 11.8. The Hall–Kier alpha value is -3.08. The number of hydrogen-bond donors (Lipinski definition) is 1. The van der Waals surface area contributed by atoms with Crippen molar-refractivity contribution >= 4 is 5.91 Å². The van der Waals surface area contributed by atoms with Gasteiger partial charge in [0.05, 0.1) is 7.11 Å². The fourth-order valence-corrected chi connectivity index (χ4v) is 2.80. The Morgan fingerprint density at radius 1 is 1.16 bits per heavy atom. The second kappa shape index (κ2) is 7.21. The largest absolute Gasteiger partial charge is 0.497 e. The van der Waals surface area contributed by atoms with E-state index >= 15 is 0 Å². The summed E-state index contributed by atoms with van der Waals surface area (Å²) in [7, 11) is 3.53. The smallest absolute Gasteiger partial charge is 0.252 e. The molecule has 5 nitrogen and oxygen atoms in total. The maximum Gasteiger partial charge on any atom is 0.252 e. The van der Waals surface area contributed by atoms with E-state index in [0.29, 0.717) is 5.56 Å². The van der Waals surface area contributed by atoms with Crippen LogP contribution in [0.1, 0.15) is 33.4 Å². The lowest BCUT2D eigenvalue weighted by Crippen LogP contribution is -2.31. The van der Waals surface area contributed by atoms with Crippen molar-refractivity contribution in [1.29, 1.82) is 0 Å². The van der Waals surface area contributed by atoms with Gasteiger partial charge in [-0.3, -0.25) is 4.79 Å². The Kier molecular flexibility index (Phi) is 4.84. The molecule has 1 heterocycles. The molecule has 0 bridgehead atoms. The van der Waals surface area contributed by atoms with Gasteiger partial charge in [0.2, 0.25) is 0 Å². The van der Waals surface area contributed by atoms with E-state index in [-0.39, 0.29) is 11.9 Å². The third-order valence-electron chi connectivity index (χ3n) is 4.24. The van der Waals surface area contributed by atoms with E-state index in [9.17, 15) is 4.79 Å². The number of carbonyl (C=O) groups excluding carboxylic acids is 1. The molecular formula is C20H21N3O2. The number of methoxy groups -OCH3 is 1. The van der Waals surface area contributed by atoms with Gasteiger partial charge >= 0.3 is 0 Å². The quantitative estimate of drug-likeness (QED) is 0.779. The van der Waals surface area contributed by atoms with Crippen LogP contribution < -0.4 is 10.1 Å². The third-order valence-corrected chi connectivity index (χ3v) is 4.24. The van der Waals surface area contributed by atoms with Gasteiger partial charge in [0.1, 0.15) is 17.6 Å². The molecule has 3 rings (SSSR count). The van der Waals surface area contributed by atoms with Gasteiger partial charge < -0.3 is 14.6 Å². The summed E-state index contributed by atoms with van der Waals surface area (Å²) in [5.74, 6) is 1.35. The molecule has 0 aliphatic rings. The molecule has 0 saturated carbocycles. The Bertz CT molecular complexity index is 869. The van der Waals surface area contributed by atoms with Gasteiger partial charge in [-0.15, -0.1) is 0 Å². The van der Waals surface area contributed by atoms with E-state index in [4.69, 9.17) is 4.74 Å². The number of carbonyl (C=O) groups is 1.